The first-order valence-corrected chi connectivity index (χ1v) is 3.64. The summed E-state index contributed by atoms with van der Waals surface area (Å²) in [5, 5.41) is 20.1. The van der Waals surface area contributed by atoms with Crippen molar-refractivity contribution in [1.82, 2.24) is 0 Å². The van der Waals surface area contributed by atoms with E-state index in [-0.39, 0.29) is 12.3 Å². The summed E-state index contributed by atoms with van der Waals surface area (Å²) in [6, 6.07) is 9.45. The molecule has 64 valence electrons. The van der Waals surface area contributed by atoms with Crippen LogP contribution in [0.25, 0.3) is 0 Å². The Bertz CT molecular complexity index is 256. The molecule has 3 N–H and O–H groups in total. The van der Waals surface area contributed by atoms with E-state index < -0.39 is 0 Å². The molecule has 0 atom stereocenters. The fourth-order valence-corrected chi connectivity index (χ4v) is 0.794. The molecular formula is C9H11NO2. The zero-order chi connectivity index (χ0) is 8.81. The Hall–Kier alpha value is -1.64. The van der Waals surface area contributed by atoms with E-state index in [1.54, 1.807) is 0 Å². The number of hydrogen-bond acceptors (Lipinski definition) is 3. The molecule has 3 heteroatoms. The van der Waals surface area contributed by atoms with E-state index >= 15 is 0 Å². The molecule has 0 aromatic heterocycles. The van der Waals surface area contributed by atoms with Gasteiger partial charge in [0.1, 0.15) is 12.0 Å². The fourth-order valence-electron chi connectivity index (χ4n) is 0.794. The molecule has 0 fully saturated rings. The molecule has 0 spiro atoms. The maximum Gasteiger partial charge on any atom is 0.145 e. The van der Waals surface area contributed by atoms with Gasteiger partial charge in [-0.1, -0.05) is 18.2 Å². The third-order valence-corrected chi connectivity index (χ3v) is 1.40. The summed E-state index contributed by atoms with van der Waals surface area (Å²) in [6.45, 7) is 0.237. The summed E-state index contributed by atoms with van der Waals surface area (Å²) in [4.78, 5) is 0. The predicted octanol–water partition coefficient (Wildman–Crippen LogP) is 2.06. The van der Waals surface area contributed by atoms with E-state index in [1.807, 2.05) is 30.3 Å². The highest BCUT2D eigenvalue weighted by molar-refractivity contribution is 5.43. The number of anilines is 1. The molecule has 0 saturated carbocycles. The summed E-state index contributed by atoms with van der Waals surface area (Å²) >= 11 is 0. The number of nitrogens with one attached hydrogen (secondary N) is 1. The van der Waals surface area contributed by atoms with Crippen molar-refractivity contribution in [3.8, 4) is 0 Å². The smallest absolute Gasteiger partial charge is 0.145 e. The van der Waals surface area contributed by atoms with Crippen LogP contribution >= 0.6 is 0 Å². The number of hydrogen-bond donors (Lipinski definition) is 3. The summed E-state index contributed by atoms with van der Waals surface area (Å²) in [7, 11) is 0. The molecule has 3 nitrogen and oxygen atoms in total. The number of aliphatic hydroxyl groups excluding tert-OH is 2. The molecule has 0 aliphatic carbocycles. The Kier molecular flexibility index (Phi) is 3.02. The second-order valence-electron chi connectivity index (χ2n) is 2.34. The quantitative estimate of drug-likeness (QED) is 0.601. The Morgan fingerprint density at radius 1 is 1.33 bits per heavy atom. The second kappa shape index (κ2) is 4.28. The lowest BCUT2D eigenvalue weighted by Crippen LogP contribution is -2.03. The minimum atomic E-state index is -0.0844. The van der Waals surface area contributed by atoms with Gasteiger partial charge in [-0.3, -0.25) is 0 Å². The van der Waals surface area contributed by atoms with Crippen molar-refractivity contribution in [1.29, 1.82) is 0 Å². The zero-order valence-electron chi connectivity index (χ0n) is 6.57. The Balaban J connectivity index is 2.44. The molecule has 0 aliphatic heterocycles. The van der Waals surface area contributed by atoms with E-state index in [4.69, 9.17) is 10.2 Å². The number of rotatable bonds is 3. The number of aliphatic hydroxyl groups is 2. The van der Waals surface area contributed by atoms with Gasteiger partial charge in [0, 0.05) is 5.69 Å². The highest BCUT2D eigenvalue weighted by Gasteiger charge is 1.91. The van der Waals surface area contributed by atoms with Crippen molar-refractivity contribution in [2.75, 3.05) is 11.9 Å². The fraction of sp³-hybridized carbons (Fsp3) is 0.111. The van der Waals surface area contributed by atoms with Crippen molar-refractivity contribution in [2.24, 2.45) is 0 Å². The van der Waals surface area contributed by atoms with E-state index in [2.05, 4.69) is 5.32 Å². The Morgan fingerprint density at radius 3 is 2.58 bits per heavy atom. The first kappa shape index (κ1) is 8.46. The molecule has 12 heavy (non-hydrogen) atoms. The van der Waals surface area contributed by atoms with E-state index in [0.717, 1.165) is 5.69 Å². The van der Waals surface area contributed by atoms with Crippen LogP contribution in [0.15, 0.2) is 42.4 Å². The topological polar surface area (TPSA) is 52.5 Å². The molecule has 0 aliphatic rings. The SMILES string of the molecule is O/C=C(\O)CNc1ccccc1. The molecule has 0 amide bonds. The maximum absolute atomic E-state index is 8.87. The van der Waals surface area contributed by atoms with Crippen LogP contribution < -0.4 is 5.32 Å². The summed E-state index contributed by atoms with van der Waals surface area (Å²) in [6.07, 6.45) is 0.677. The molecule has 1 aromatic carbocycles. The van der Waals surface area contributed by atoms with Crippen LogP contribution in [0.5, 0.6) is 0 Å². The average Bonchev–Trinajstić information content (AvgIpc) is 2.16. The van der Waals surface area contributed by atoms with E-state index in [0.29, 0.717) is 6.26 Å². The molecular weight excluding hydrogens is 154 g/mol. The van der Waals surface area contributed by atoms with Crippen molar-refractivity contribution < 1.29 is 10.2 Å². The lowest BCUT2D eigenvalue weighted by Gasteiger charge is -2.03. The molecule has 0 unspecified atom stereocenters. The minimum absolute atomic E-state index is 0.0844. The molecule has 0 bridgehead atoms. The van der Waals surface area contributed by atoms with Crippen LogP contribution in [0.2, 0.25) is 0 Å². The van der Waals surface area contributed by atoms with Gasteiger partial charge in [-0.15, -0.1) is 0 Å². The van der Waals surface area contributed by atoms with Gasteiger partial charge < -0.3 is 15.5 Å². The van der Waals surface area contributed by atoms with Crippen LogP contribution in [-0.4, -0.2) is 16.8 Å². The number of para-hydroxylation sites is 1. The molecule has 0 heterocycles. The van der Waals surface area contributed by atoms with Gasteiger partial charge >= 0.3 is 0 Å². The third-order valence-electron chi connectivity index (χ3n) is 1.40. The van der Waals surface area contributed by atoms with Crippen molar-refractivity contribution >= 4 is 5.69 Å². The molecule has 0 saturated heterocycles. The zero-order valence-corrected chi connectivity index (χ0v) is 6.57. The largest absolute Gasteiger partial charge is 0.512 e. The lowest BCUT2D eigenvalue weighted by atomic mass is 10.3. The number of benzene rings is 1. The molecule has 1 aromatic rings. The predicted molar refractivity (Wildman–Crippen MR) is 48.3 cm³/mol. The molecule has 1 rings (SSSR count). The van der Waals surface area contributed by atoms with Gasteiger partial charge in [0.2, 0.25) is 0 Å². The van der Waals surface area contributed by atoms with Crippen LogP contribution in [0.3, 0.4) is 0 Å². The van der Waals surface area contributed by atoms with Gasteiger partial charge in [0.15, 0.2) is 0 Å². The maximum atomic E-state index is 8.87. The van der Waals surface area contributed by atoms with Gasteiger partial charge in [0.25, 0.3) is 0 Å². The van der Waals surface area contributed by atoms with Crippen molar-refractivity contribution in [2.45, 2.75) is 0 Å². The lowest BCUT2D eigenvalue weighted by molar-refractivity contribution is 0.359. The van der Waals surface area contributed by atoms with Gasteiger partial charge in [0.05, 0.1) is 6.54 Å². The normalized spacial score (nSPS) is 11.2. The van der Waals surface area contributed by atoms with E-state index in [9.17, 15) is 0 Å². The second-order valence-corrected chi connectivity index (χ2v) is 2.34. The third kappa shape index (κ3) is 2.54. The summed E-state index contributed by atoms with van der Waals surface area (Å²) in [5.74, 6) is -0.0844. The highest BCUT2D eigenvalue weighted by atomic mass is 16.3. The minimum Gasteiger partial charge on any atom is -0.512 e. The van der Waals surface area contributed by atoms with Crippen LogP contribution in [0.4, 0.5) is 5.69 Å². The first-order valence-electron chi connectivity index (χ1n) is 3.64. The van der Waals surface area contributed by atoms with Crippen LogP contribution in [-0.2, 0) is 0 Å². The standard InChI is InChI=1S/C9H11NO2/c11-7-9(12)6-10-8-4-2-1-3-5-8/h1-5,7,10-12H,6H2/b9-7-. The summed E-state index contributed by atoms with van der Waals surface area (Å²) < 4.78 is 0. The van der Waals surface area contributed by atoms with Gasteiger partial charge in [-0.05, 0) is 12.1 Å². The first-order chi connectivity index (χ1) is 5.83. The Labute approximate surface area is 71.0 Å². The Morgan fingerprint density at radius 2 is 2.00 bits per heavy atom. The van der Waals surface area contributed by atoms with E-state index in [1.165, 1.54) is 0 Å². The molecule has 0 radical (unpaired) electrons. The summed E-state index contributed by atoms with van der Waals surface area (Å²) in [5.41, 5.74) is 0.908. The monoisotopic (exact) mass is 165 g/mol. The van der Waals surface area contributed by atoms with Gasteiger partial charge in [-0.25, -0.2) is 0 Å². The van der Waals surface area contributed by atoms with Crippen molar-refractivity contribution in [3.63, 3.8) is 0 Å². The van der Waals surface area contributed by atoms with Crippen molar-refractivity contribution in [3.05, 3.63) is 42.4 Å². The van der Waals surface area contributed by atoms with Crippen LogP contribution in [0, 0.1) is 0 Å². The average molecular weight is 165 g/mol. The highest BCUT2D eigenvalue weighted by Crippen LogP contribution is 2.04. The van der Waals surface area contributed by atoms with Gasteiger partial charge in [-0.2, -0.15) is 0 Å². The van der Waals surface area contributed by atoms with Crippen LogP contribution in [0.1, 0.15) is 0 Å².